The standard InChI is InChI=1S/C26H21NOS/c1-17-18(20-10-4-6-16-25(20)29)11-7-13-22(17)27(2)23-14-8-12-21-19-9-3-5-15-24(19)28-26(21)23/h3-16,29H,1-2H3. The highest BCUT2D eigenvalue weighted by Crippen LogP contribution is 2.40. The van der Waals surface area contributed by atoms with Crippen LogP contribution in [0.2, 0.25) is 0 Å². The average Bonchev–Trinajstić information content (AvgIpc) is 3.13. The van der Waals surface area contributed by atoms with E-state index in [1.54, 1.807) is 0 Å². The van der Waals surface area contributed by atoms with Crippen molar-refractivity contribution < 1.29 is 4.42 Å². The molecule has 1 heterocycles. The molecule has 142 valence electrons. The Morgan fingerprint density at radius 2 is 1.34 bits per heavy atom. The summed E-state index contributed by atoms with van der Waals surface area (Å²) in [5.74, 6) is 0. The van der Waals surface area contributed by atoms with E-state index in [4.69, 9.17) is 4.42 Å². The number of hydrogen-bond donors (Lipinski definition) is 1. The predicted molar refractivity (Wildman–Crippen MR) is 126 cm³/mol. The lowest BCUT2D eigenvalue weighted by Gasteiger charge is -2.23. The van der Waals surface area contributed by atoms with Crippen LogP contribution >= 0.6 is 12.6 Å². The Balaban J connectivity index is 1.68. The van der Waals surface area contributed by atoms with Crippen LogP contribution < -0.4 is 4.90 Å². The van der Waals surface area contributed by atoms with E-state index in [9.17, 15) is 0 Å². The second-order valence-electron chi connectivity index (χ2n) is 7.28. The molecule has 0 aliphatic heterocycles. The summed E-state index contributed by atoms with van der Waals surface area (Å²) < 4.78 is 6.25. The van der Waals surface area contributed by atoms with Crippen molar-refractivity contribution in [2.24, 2.45) is 0 Å². The van der Waals surface area contributed by atoms with Crippen molar-refractivity contribution in [2.75, 3.05) is 11.9 Å². The lowest BCUT2D eigenvalue weighted by Crippen LogP contribution is -2.11. The monoisotopic (exact) mass is 395 g/mol. The van der Waals surface area contributed by atoms with Gasteiger partial charge in [-0.3, -0.25) is 0 Å². The SMILES string of the molecule is Cc1c(-c2ccccc2S)cccc1N(C)c1cccc2c1oc1ccccc12. The number of anilines is 2. The Bertz CT molecular complexity index is 1350. The van der Waals surface area contributed by atoms with Gasteiger partial charge in [0.1, 0.15) is 5.58 Å². The lowest BCUT2D eigenvalue weighted by atomic mass is 9.98. The molecular weight excluding hydrogens is 374 g/mol. The number of furan rings is 1. The highest BCUT2D eigenvalue weighted by Gasteiger charge is 2.17. The summed E-state index contributed by atoms with van der Waals surface area (Å²) in [4.78, 5) is 3.19. The zero-order valence-electron chi connectivity index (χ0n) is 16.4. The first kappa shape index (κ1) is 17.9. The minimum absolute atomic E-state index is 0.913. The Morgan fingerprint density at radius 1 is 0.690 bits per heavy atom. The van der Waals surface area contributed by atoms with E-state index in [-0.39, 0.29) is 0 Å². The molecule has 29 heavy (non-hydrogen) atoms. The molecule has 0 N–H and O–H groups in total. The first-order valence-electron chi connectivity index (χ1n) is 9.67. The fourth-order valence-electron chi connectivity index (χ4n) is 4.11. The van der Waals surface area contributed by atoms with Gasteiger partial charge in [0, 0.05) is 28.4 Å². The highest BCUT2D eigenvalue weighted by atomic mass is 32.1. The molecule has 2 nitrogen and oxygen atoms in total. The predicted octanol–water partition coefficient (Wildman–Crippen LogP) is 7.62. The quantitative estimate of drug-likeness (QED) is 0.316. The second kappa shape index (κ2) is 7.02. The van der Waals surface area contributed by atoms with Gasteiger partial charge in [-0.25, -0.2) is 0 Å². The van der Waals surface area contributed by atoms with Crippen LogP contribution in [0.25, 0.3) is 33.1 Å². The van der Waals surface area contributed by atoms with Crippen molar-refractivity contribution in [3.63, 3.8) is 0 Å². The number of nitrogens with zero attached hydrogens (tertiary/aromatic N) is 1. The Labute approximate surface area is 175 Å². The third-order valence-electron chi connectivity index (χ3n) is 5.61. The van der Waals surface area contributed by atoms with E-state index in [0.717, 1.165) is 43.8 Å². The normalized spacial score (nSPS) is 11.3. The third kappa shape index (κ3) is 2.90. The van der Waals surface area contributed by atoms with Gasteiger partial charge in [0.05, 0.1) is 5.69 Å². The summed E-state index contributed by atoms with van der Waals surface area (Å²) in [5.41, 5.74) is 7.57. The molecule has 5 aromatic rings. The van der Waals surface area contributed by atoms with Crippen molar-refractivity contribution in [3.8, 4) is 11.1 Å². The Morgan fingerprint density at radius 3 is 2.21 bits per heavy atom. The zero-order chi connectivity index (χ0) is 20.0. The molecule has 0 atom stereocenters. The van der Waals surface area contributed by atoms with E-state index in [0.29, 0.717) is 0 Å². The molecule has 0 radical (unpaired) electrons. The number of fused-ring (bicyclic) bond motifs is 3. The smallest absolute Gasteiger partial charge is 0.159 e. The summed E-state index contributed by atoms with van der Waals surface area (Å²) in [6, 6.07) is 29.2. The Kier molecular flexibility index (Phi) is 4.33. The Hall–Kier alpha value is -3.17. The molecule has 0 saturated heterocycles. The maximum Gasteiger partial charge on any atom is 0.159 e. The molecule has 0 saturated carbocycles. The van der Waals surface area contributed by atoms with Crippen molar-refractivity contribution in [2.45, 2.75) is 11.8 Å². The second-order valence-corrected chi connectivity index (χ2v) is 7.76. The first-order chi connectivity index (χ1) is 14.1. The fraction of sp³-hybridized carbons (Fsp3) is 0.0769. The summed E-state index contributed by atoms with van der Waals surface area (Å²) in [6.45, 7) is 2.17. The number of thiol groups is 1. The van der Waals surface area contributed by atoms with Crippen LogP contribution in [0.5, 0.6) is 0 Å². The molecule has 3 heteroatoms. The number of rotatable bonds is 3. The number of hydrogen-bond acceptors (Lipinski definition) is 3. The van der Waals surface area contributed by atoms with Gasteiger partial charge in [-0.2, -0.15) is 0 Å². The molecule has 4 aromatic carbocycles. The van der Waals surface area contributed by atoms with Gasteiger partial charge in [0.2, 0.25) is 0 Å². The van der Waals surface area contributed by atoms with Gasteiger partial charge >= 0.3 is 0 Å². The third-order valence-corrected chi connectivity index (χ3v) is 6.00. The minimum atomic E-state index is 0.913. The summed E-state index contributed by atoms with van der Waals surface area (Å²) in [7, 11) is 2.10. The van der Waals surface area contributed by atoms with Gasteiger partial charge in [-0.05, 0) is 47.9 Å². The van der Waals surface area contributed by atoms with Crippen LogP contribution in [0.15, 0.2) is 94.2 Å². The van der Waals surface area contributed by atoms with Crippen LogP contribution in [0.4, 0.5) is 11.4 Å². The molecule has 0 bridgehead atoms. The van der Waals surface area contributed by atoms with E-state index in [1.807, 2.05) is 24.3 Å². The molecule has 0 aliphatic carbocycles. The molecule has 0 unspecified atom stereocenters. The van der Waals surface area contributed by atoms with Crippen LogP contribution in [0.3, 0.4) is 0 Å². The zero-order valence-corrected chi connectivity index (χ0v) is 17.3. The van der Waals surface area contributed by atoms with E-state index < -0.39 is 0 Å². The van der Waals surface area contributed by atoms with Gasteiger partial charge < -0.3 is 9.32 Å². The summed E-state index contributed by atoms with van der Waals surface area (Å²) >= 11 is 4.66. The molecular formula is C26H21NOS. The maximum absolute atomic E-state index is 6.25. The van der Waals surface area contributed by atoms with Crippen LogP contribution in [0.1, 0.15) is 5.56 Å². The van der Waals surface area contributed by atoms with Crippen molar-refractivity contribution in [3.05, 3.63) is 90.5 Å². The molecule has 0 spiro atoms. The van der Waals surface area contributed by atoms with Gasteiger partial charge in [0.25, 0.3) is 0 Å². The number of para-hydroxylation sites is 2. The first-order valence-corrected chi connectivity index (χ1v) is 10.1. The molecule has 0 fully saturated rings. The van der Waals surface area contributed by atoms with Crippen LogP contribution in [-0.4, -0.2) is 7.05 Å². The van der Waals surface area contributed by atoms with Crippen LogP contribution in [-0.2, 0) is 0 Å². The topological polar surface area (TPSA) is 16.4 Å². The average molecular weight is 396 g/mol. The van der Waals surface area contributed by atoms with Gasteiger partial charge in [-0.1, -0.05) is 60.7 Å². The molecule has 0 aliphatic rings. The van der Waals surface area contributed by atoms with Gasteiger partial charge in [0.15, 0.2) is 5.58 Å². The number of benzene rings is 4. The van der Waals surface area contributed by atoms with E-state index in [2.05, 4.69) is 92.2 Å². The van der Waals surface area contributed by atoms with Crippen molar-refractivity contribution >= 4 is 45.9 Å². The molecule has 0 amide bonds. The van der Waals surface area contributed by atoms with E-state index >= 15 is 0 Å². The molecule has 1 aromatic heterocycles. The van der Waals surface area contributed by atoms with Crippen molar-refractivity contribution in [1.29, 1.82) is 0 Å². The van der Waals surface area contributed by atoms with Crippen LogP contribution in [0, 0.1) is 6.92 Å². The van der Waals surface area contributed by atoms with Crippen molar-refractivity contribution in [1.82, 2.24) is 0 Å². The van der Waals surface area contributed by atoms with Gasteiger partial charge in [-0.15, -0.1) is 12.6 Å². The highest BCUT2D eigenvalue weighted by molar-refractivity contribution is 7.80. The summed E-state index contributed by atoms with van der Waals surface area (Å²) in [6.07, 6.45) is 0. The molecule has 5 rings (SSSR count). The fourth-order valence-corrected chi connectivity index (χ4v) is 4.39. The maximum atomic E-state index is 6.25. The summed E-state index contributed by atoms with van der Waals surface area (Å²) in [5, 5.41) is 2.28. The largest absolute Gasteiger partial charge is 0.454 e. The van der Waals surface area contributed by atoms with E-state index in [1.165, 1.54) is 11.1 Å². The lowest BCUT2D eigenvalue weighted by molar-refractivity contribution is 0.668. The minimum Gasteiger partial charge on any atom is -0.454 e.